The van der Waals surface area contributed by atoms with Crippen molar-refractivity contribution in [3.63, 3.8) is 0 Å². The van der Waals surface area contributed by atoms with Crippen molar-refractivity contribution < 1.29 is 20.1 Å². The Kier molecular flexibility index (Phi) is 9.21. The highest BCUT2D eigenvalue weighted by Crippen LogP contribution is 2.33. The summed E-state index contributed by atoms with van der Waals surface area (Å²) in [6.45, 7) is 1.85. The van der Waals surface area contributed by atoms with Crippen LogP contribution in [0, 0.1) is 0 Å². The van der Waals surface area contributed by atoms with Crippen LogP contribution in [0.1, 0.15) is 21.5 Å². The van der Waals surface area contributed by atoms with Crippen molar-refractivity contribution in [3.05, 3.63) is 150 Å². The number of nitrogens with zero attached hydrogens (tertiary/aromatic N) is 3. The predicted molar refractivity (Wildman–Crippen MR) is 166 cm³/mol. The van der Waals surface area contributed by atoms with Gasteiger partial charge >= 0.3 is 5.97 Å². The van der Waals surface area contributed by atoms with Crippen LogP contribution in [-0.2, 0) is 13.1 Å². The van der Waals surface area contributed by atoms with Crippen LogP contribution in [0.2, 0.25) is 0 Å². The van der Waals surface area contributed by atoms with Crippen LogP contribution in [-0.4, -0.2) is 36.1 Å². The lowest BCUT2D eigenvalue weighted by molar-refractivity contribution is 0.0697. The predicted octanol–water partition coefficient (Wildman–Crippen LogP) is 6.69. The fourth-order valence-electron chi connectivity index (χ4n) is 4.39. The number of aromatic hydroxyl groups is 2. The van der Waals surface area contributed by atoms with Gasteiger partial charge < -0.3 is 20.6 Å². The molecule has 0 bridgehead atoms. The van der Waals surface area contributed by atoms with Crippen molar-refractivity contribution in [1.29, 1.82) is 0 Å². The molecule has 0 amide bonds. The second-order valence-corrected chi connectivity index (χ2v) is 9.63. The van der Waals surface area contributed by atoms with E-state index in [2.05, 4.69) is 63.9 Å². The first-order valence-electron chi connectivity index (χ1n) is 13.7. The lowest BCUT2D eigenvalue weighted by Gasteiger charge is -2.07. The molecule has 8 heteroatoms. The van der Waals surface area contributed by atoms with Crippen molar-refractivity contribution in [3.8, 4) is 40.0 Å². The number of phenols is 2. The van der Waals surface area contributed by atoms with Gasteiger partial charge in [-0.15, -0.1) is 5.10 Å². The number of nitrogens with one attached hydrogen (secondary N) is 1. The summed E-state index contributed by atoms with van der Waals surface area (Å²) in [6.07, 6.45) is 0. The lowest BCUT2D eigenvalue weighted by Crippen LogP contribution is -2.12. The number of rotatable bonds is 8. The average molecular weight is 571 g/mol. The van der Waals surface area contributed by atoms with E-state index in [1.807, 2.05) is 12.1 Å². The molecule has 0 unspecified atom stereocenters. The molecule has 1 heterocycles. The molecule has 0 fully saturated rings. The maximum atomic E-state index is 11.1. The number of hydrogen-bond donors (Lipinski definition) is 4. The highest BCUT2D eigenvalue weighted by molar-refractivity contribution is 5.87. The number of hydrogen-bond acceptors (Lipinski definition) is 6. The molecule has 43 heavy (non-hydrogen) atoms. The molecule has 214 valence electrons. The Labute approximate surface area is 249 Å². The Hall–Kier alpha value is -5.73. The molecule has 0 saturated carbocycles. The SMILES string of the molecule is O=C(O)c1ccc(-n2nc(-c3ccccc3O)nc2-c2ccccc2O)cc1.c1ccc(CNCc2ccccc2)cc1. The third kappa shape index (κ3) is 7.32. The Balaban J connectivity index is 0.000000207. The zero-order chi connectivity index (χ0) is 30.0. The third-order valence-corrected chi connectivity index (χ3v) is 6.60. The van der Waals surface area contributed by atoms with Crippen LogP contribution in [0.5, 0.6) is 11.5 Å². The van der Waals surface area contributed by atoms with Gasteiger partial charge in [-0.3, -0.25) is 0 Å². The van der Waals surface area contributed by atoms with E-state index in [4.69, 9.17) is 5.11 Å². The molecule has 8 nitrogen and oxygen atoms in total. The minimum absolute atomic E-state index is 0.0298. The zero-order valence-corrected chi connectivity index (χ0v) is 23.2. The molecule has 6 aromatic rings. The summed E-state index contributed by atoms with van der Waals surface area (Å²) in [7, 11) is 0. The van der Waals surface area contributed by atoms with Crippen LogP contribution >= 0.6 is 0 Å². The second-order valence-electron chi connectivity index (χ2n) is 9.63. The quantitative estimate of drug-likeness (QED) is 0.161. The van der Waals surface area contributed by atoms with E-state index in [1.54, 1.807) is 54.6 Å². The van der Waals surface area contributed by atoms with E-state index in [-0.39, 0.29) is 22.9 Å². The molecule has 0 aliphatic carbocycles. The van der Waals surface area contributed by atoms with Crippen LogP contribution < -0.4 is 5.32 Å². The summed E-state index contributed by atoms with van der Waals surface area (Å²) < 4.78 is 1.50. The number of aromatic carboxylic acids is 1. The van der Waals surface area contributed by atoms with Crippen LogP contribution in [0.4, 0.5) is 0 Å². The van der Waals surface area contributed by atoms with Crippen molar-refractivity contribution >= 4 is 5.97 Å². The van der Waals surface area contributed by atoms with E-state index < -0.39 is 5.97 Å². The highest BCUT2D eigenvalue weighted by Gasteiger charge is 2.19. The van der Waals surface area contributed by atoms with Crippen molar-refractivity contribution in [2.75, 3.05) is 0 Å². The third-order valence-electron chi connectivity index (χ3n) is 6.60. The van der Waals surface area contributed by atoms with Crippen molar-refractivity contribution in [1.82, 2.24) is 20.1 Å². The number of carboxylic acid groups (broad SMARTS) is 1. The molecular weight excluding hydrogens is 540 g/mol. The largest absolute Gasteiger partial charge is 0.507 e. The summed E-state index contributed by atoms with van der Waals surface area (Å²) in [5.41, 5.74) is 4.27. The minimum Gasteiger partial charge on any atom is -0.507 e. The van der Waals surface area contributed by atoms with Gasteiger partial charge in [0.25, 0.3) is 0 Å². The molecule has 0 spiro atoms. The molecule has 1 aromatic heterocycles. The van der Waals surface area contributed by atoms with Gasteiger partial charge in [0.05, 0.1) is 22.4 Å². The molecule has 6 rings (SSSR count). The van der Waals surface area contributed by atoms with E-state index in [0.29, 0.717) is 22.6 Å². The number of carbonyl (C=O) groups is 1. The molecule has 0 aliphatic rings. The van der Waals surface area contributed by atoms with Crippen molar-refractivity contribution in [2.24, 2.45) is 0 Å². The van der Waals surface area contributed by atoms with Gasteiger partial charge in [0.15, 0.2) is 11.6 Å². The van der Waals surface area contributed by atoms with Gasteiger partial charge in [-0.05, 0) is 59.7 Å². The molecule has 0 radical (unpaired) electrons. The first-order valence-corrected chi connectivity index (χ1v) is 13.7. The number of aromatic nitrogens is 3. The standard InChI is InChI=1S/C21H15N3O4.C14H15N/c25-17-7-3-1-5-15(17)19-22-20(16-6-2-4-8-18(16)26)24(23-19)14-11-9-13(10-12-14)21(27)28;1-3-7-13(8-4-1)11-15-12-14-9-5-2-6-10-14/h1-12,25-26H,(H,27,28);1-10,15H,11-12H2. The Morgan fingerprint density at radius 1 is 0.628 bits per heavy atom. The fourth-order valence-corrected chi connectivity index (χ4v) is 4.39. The highest BCUT2D eigenvalue weighted by atomic mass is 16.4. The first kappa shape index (κ1) is 28.8. The molecule has 0 saturated heterocycles. The van der Waals surface area contributed by atoms with Gasteiger partial charge in [0, 0.05) is 13.1 Å². The number of carboxylic acids is 1. The number of phenolic OH excluding ortho intramolecular Hbond substituents is 2. The minimum atomic E-state index is -1.03. The van der Waals surface area contributed by atoms with E-state index in [0.717, 1.165) is 13.1 Å². The van der Waals surface area contributed by atoms with Gasteiger partial charge in [-0.25, -0.2) is 14.5 Å². The molecular formula is C35H30N4O4. The summed E-state index contributed by atoms with van der Waals surface area (Å²) >= 11 is 0. The van der Waals surface area contributed by atoms with Gasteiger partial charge in [0.1, 0.15) is 11.5 Å². The average Bonchev–Trinajstić information content (AvgIpc) is 3.48. The maximum absolute atomic E-state index is 11.1. The Morgan fingerprint density at radius 3 is 1.63 bits per heavy atom. The summed E-state index contributed by atoms with van der Waals surface area (Å²) in [5, 5.41) is 37.4. The second kappa shape index (κ2) is 13.8. The topological polar surface area (TPSA) is 120 Å². The molecule has 0 atom stereocenters. The van der Waals surface area contributed by atoms with Gasteiger partial charge in [0.2, 0.25) is 0 Å². The monoisotopic (exact) mass is 570 g/mol. The Morgan fingerprint density at radius 2 is 1.12 bits per heavy atom. The molecule has 4 N–H and O–H groups in total. The van der Waals surface area contributed by atoms with Crippen LogP contribution in [0.15, 0.2) is 133 Å². The Bertz CT molecular complexity index is 1750. The van der Waals surface area contributed by atoms with Gasteiger partial charge in [-0.2, -0.15) is 0 Å². The molecule has 0 aliphatic heterocycles. The van der Waals surface area contributed by atoms with Crippen molar-refractivity contribution in [2.45, 2.75) is 13.1 Å². The fraction of sp³-hybridized carbons (Fsp3) is 0.0571. The number of benzene rings is 5. The first-order chi connectivity index (χ1) is 21.0. The lowest BCUT2D eigenvalue weighted by atomic mass is 10.1. The molecule has 5 aromatic carbocycles. The zero-order valence-electron chi connectivity index (χ0n) is 23.2. The summed E-state index contributed by atoms with van der Waals surface area (Å²) in [4.78, 5) is 15.6. The van der Waals surface area contributed by atoms with E-state index >= 15 is 0 Å². The number of para-hydroxylation sites is 2. The van der Waals surface area contributed by atoms with Crippen LogP contribution in [0.3, 0.4) is 0 Å². The van der Waals surface area contributed by atoms with E-state index in [1.165, 1.54) is 34.0 Å². The van der Waals surface area contributed by atoms with Gasteiger partial charge in [-0.1, -0.05) is 84.9 Å². The normalized spacial score (nSPS) is 10.5. The van der Waals surface area contributed by atoms with E-state index in [9.17, 15) is 15.0 Å². The maximum Gasteiger partial charge on any atom is 0.335 e. The summed E-state index contributed by atoms with van der Waals surface area (Å²) in [6, 6.07) is 40.5. The smallest absolute Gasteiger partial charge is 0.335 e. The summed E-state index contributed by atoms with van der Waals surface area (Å²) in [5.74, 6) is -0.328. The van der Waals surface area contributed by atoms with Crippen LogP contribution in [0.25, 0.3) is 28.5 Å².